The minimum Gasteiger partial charge on any atom is -0.318 e. The van der Waals surface area contributed by atoms with Gasteiger partial charge in [0.25, 0.3) is 0 Å². The van der Waals surface area contributed by atoms with Crippen molar-refractivity contribution in [2.75, 3.05) is 17.3 Å². The molecule has 2 aromatic heterocycles. The van der Waals surface area contributed by atoms with Gasteiger partial charge in [-0.1, -0.05) is 30.0 Å². The quantitative estimate of drug-likeness (QED) is 0.416. The fraction of sp³-hybridized carbons (Fsp3) is 0.409. The number of thioether (sulfide) groups is 1. The predicted molar refractivity (Wildman–Crippen MR) is 122 cm³/mol. The molecule has 1 aromatic carbocycles. The van der Waals surface area contributed by atoms with Crippen LogP contribution in [0.2, 0.25) is 0 Å². The summed E-state index contributed by atoms with van der Waals surface area (Å²) in [6.07, 6.45) is 0.572. The number of hydrogen-bond acceptors (Lipinski definition) is 6. The molecule has 3 heterocycles. The summed E-state index contributed by atoms with van der Waals surface area (Å²) in [5, 5.41) is 9.04. The van der Waals surface area contributed by atoms with Crippen LogP contribution in [0, 0.1) is 20.8 Å². The maximum atomic E-state index is 13.0. The van der Waals surface area contributed by atoms with Crippen LogP contribution in [0.4, 0.5) is 0 Å². The lowest BCUT2D eigenvalue weighted by molar-refractivity contribution is 0.102. The number of Topliss-reactive ketones (excluding diaryl/α,β-unsaturated/α-hetero) is 1. The Morgan fingerprint density at radius 1 is 1.19 bits per heavy atom. The Hall–Kier alpha value is -2.39. The molecular weight excluding hydrogens is 432 g/mol. The summed E-state index contributed by atoms with van der Waals surface area (Å²) >= 11 is 1.33. The van der Waals surface area contributed by atoms with Crippen molar-refractivity contribution >= 4 is 27.4 Å². The van der Waals surface area contributed by atoms with Gasteiger partial charge < -0.3 is 9.13 Å². The van der Waals surface area contributed by atoms with E-state index in [1.165, 1.54) is 11.8 Å². The number of nitrogens with zero attached hydrogens (tertiary/aromatic N) is 4. The third-order valence-corrected chi connectivity index (χ3v) is 8.67. The number of sulfone groups is 1. The topological polar surface area (TPSA) is 86.8 Å². The molecule has 0 N–H and O–H groups in total. The van der Waals surface area contributed by atoms with Crippen molar-refractivity contribution < 1.29 is 13.2 Å². The van der Waals surface area contributed by atoms with Gasteiger partial charge in [-0.3, -0.25) is 4.79 Å². The van der Waals surface area contributed by atoms with Gasteiger partial charge in [-0.2, -0.15) is 0 Å². The lowest BCUT2D eigenvalue weighted by Crippen LogP contribution is -2.10. The fourth-order valence-corrected chi connectivity index (χ4v) is 6.78. The van der Waals surface area contributed by atoms with E-state index in [0.29, 0.717) is 23.0 Å². The molecule has 1 aliphatic rings. The van der Waals surface area contributed by atoms with Gasteiger partial charge in [-0.05, 0) is 44.9 Å². The average molecular weight is 459 g/mol. The second-order valence-electron chi connectivity index (χ2n) is 8.12. The highest BCUT2D eigenvalue weighted by molar-refractivity contribution is 7.99. The lowest BCUT2D eigenvalue weighted by Gasteiger charge is -2.12. The van der Waals surface area contributed by atoms with Crippen molar-refractivity contribution in [3.05, 3.63) is 58.7 Å². The zero-order valence-electron chi connectivity index (χ0n) is 18.1. The molecule has 0 radical (unpaired) electrons. The first-order valence-corrected chi connectivity index (χ1v) is 13.0. The normalized spacial score (nSPS) is 17.9. The van der Waals surface area contributed by atoms with E-state index >= 15 is 0 Å². The summed E-state index contributed by atoms with van der Waals surface area (Å²) < 4.78 is 27.5. The number of aryl methyl sites for hydroxylation is 2. The van der Waals surface area contributed by atoms with Crippen molar-refractivity contribution in [1.82, 2.24) is 19.3 Å². The summed E-state index contributed by atoms with van der Waals surface area (Å²) in [6, 6.07) is 10.1. The Labute approximate surface area is 186 Å². The van der Waals surface area contributed by atoms with Crippen molar-refractivity contribution in [1.29, 1.82) is 0 Å². The fourth-order valence-electron chi connectivity index (χ4n) is 4.24. The zero-order valence-corrected chi connectivity index (χ0v) is 19.8. The molecule has 0 bridgehead atoms. The Morgan fingerprint density at radius 2 is 1.94 bits per heavy atom. The van der Waals surface area contributed by atoms with E-state index in [9.17, 15) is 13.2 Å². The summed E-state index contributed by atoms with van der Waals surface area (Å²) in [6.45, 7) is 6.04. The van der Waals surface area contributed by atoms with Crippen LogP contribution in [0.25, 0.3) is 5.69 Å². The number of rotatable bonds is 6. The van der Waals surface area contributed by atoms with Gasteiger partial charge in [-0.15, -0.1) is 10.2 Å². The van der Waals surface area contributed by atoms with Gasteiger partial charge in [-0.25, -0.2) is 8.42 Å². The molecule has 0 saturated carbocycles. The number of hydrogen-bond donors (Lipinski definition) is 0. The highest BCUT2D eigenvalue weighted by Crippen LogP contribution is 2.30. The standard InChI is InChI=1S/C22H26N4O3S2/c1-14-7-5-6-8-19(14)26-15(2)11-18(16(26)3)20(27)12-30-22-24-23-21(25(22)4)17-9-10-31(28,29)13-17/h5-8,11,17H,9-10,12-13H2,1-4H3. The smallest absolute Gasteiger partial charge is 0.191 e. The van der Waals surface area contributed by atoms with Gasteiger partial charge >= 0.3 is 0 Å². The first-order valence-electron chi connectivity index (χ1n) is 10.2. The molecule has 3 aromatic rings. The van der Waals surface area contributed by atoms with E-state index in [1.807, 2.05) is 43.7 Å². The van der Waals surface area contributed by atoms with Gasteiger partial charge in [0.1, 0.15) is 5.82 Å². The Morgan fingerprint density at radius 3 is 2.61 bits per heavy atom. The molecular formula is C22H26N4O3S2. The second-order valence-corrected chi connectivity index (χ2v) is 11.3. The molecule has 1 saturated heterocycles. The van der Waals surface area contributed by atoms with Gasteiger partial charge in [0.15, 0.2) is 20.8 Å². The SMILES string of the molecule is Cc1ccccc1-n1c(C)cc(C(=O)CSc2nnc(C3CCS(=O)(=O)C3)n2C)c1C. The molecule has 0 amide bonds. The number of aromatic nitrogens is 4. The van der Waals surface area contributed by atoms with Crippen molar-refractivity contribution in [3.8, 4) is 5.69 Å². The number of benzene rings is 1. The van der Waals surface area contributed by atoms with Crippen LogP contribution in [0.3, 0.4) is 0 Å². The first kappa shape index (κ1) is 21.8. The maximum Gasteiger partial charge on any atom is 0.191 e. The molecule has 7 nitrogen and oxygen atoms in total. The third-order valence-electron chi connectivity index (χ3n) is 5.89. The van der Waals surface area contributed by atoms with Crippen molar-refractivity contribution in [3.63, 3.8) is 0 Å². The van der Waals surface area contributed by atoms with Crippen molar-refractivity contribution in [2.45, 2.75) is 38.3 Å². The monoisotopic (exact) mass is 458 g/mol. The predicted octanol–water partition coefficient (Wildman–Crippen LogP) is 3.41. The minimum atomic E-state index is -2.99. The molecule has 164 valence electrons. The van der Waals surface area contributed by atoms with E-state index in [2.05, 4.69) is 33.8 Å². The molecule has 0 spiro atoms. The van der Waals surface area contributed by atoms with E-state index < -0.39 is 9.84 Å². The van der Waals surface area contributed by atoms with Gasteiger partial charge in [0, 0.05) is 35.6 Å². The molecule has 1 atom stereocenters. The number of carbonyl (C=O) groups excluding carboxylic acids is 1. The summed E-state index contributed by atoms with van der Waals surface area (Å²) in [5.41, 5.74) is 4.88. The highest BCUT2D eigenvalue weighted by atomic mass is 32.2. The average Bonchev–Trinajstić information content (AvgIpc) is 3.35. The summed E-state index contributed by atoms with van der Waals surface area (Å²) in [5.74, 6) is 1.14. The number of para-hydroxylation sites is 1. The lowest BCUT2D eigenvalue weighted by atomic mass is 10.1. The Bertz CT molecular complexity index is 1260. The largest absolute Gasteiger partial charge is 0.318 e. The van der Waals surface area contributed by atoms with Gasteiger partial charge in [0.2, 0.25) is 0 Å². The molecule has 0 aliphatic carbocycles. The summed E-state index contributed by atoms with van der Waals surface area (Å²) in [7, 11) is -1.16. The Kier molecular flexibility index (Phi) is 5.83. The van der Waals surface area contributed by atoms with Crippen molar-refractivity contribution in [2.24, 2.45) is 7.05 Å². The van der Waals surface area contributed by atoms with E-state index in [1.54, 1.807) is 0 Å². The maximum absolute atomic E-state index is 13.0. The van der Waals surface area contributed by atoms with Crippen LogP contribution in [0.5, 0.6) is 0 Å². The van der Waals surface area contributed by atoms with Gasteiger partial charge in [0.05, 0.1) is 17.3 Å². The molecule has 31 heavy (non-hydrogen) atoms. The minimum absolute atomic E-state index is 0.0333. The van der Waals surface area contributed by atoms with Crippen LogP contribution in [0.15, 0.2) is 35.5 Å². The third kappa shape index (κ3) is 4.21. The molecule has 1 aliphatic heterocycles. The van der Waals surface area contributed by atoms with E-state index in [-0.39, 0.29) is 29.0 Å². The van der Waals surface area contributed by atoms with E-state index in [0.717, 1.165) is 22.6 Å². The van der Waals surface area contributed by atoms with Crippen LogP contribution >= 0.6 is 11.8 Å². The number of ketones is 1. The van der Waals surface area contributed by atoms with Crippen LogP contribution in [-0.4, -0.2) is 50.8 Å². The summed E-state index contributed by atoms with van der Waals surface area (Å²) in [4.78, 5) is 13.0. The van der Waals surface area contributed by atoms with Crippen LogP contribution in [0.1, 0.15) is 45.5 Å². The first-order chi connectivity index (χ1) is 14.7. The van der Waals surface area contributed by atoms with E-state index in [4.69, 9.17) is 0 Å². The molecule has 4 rings (SSSR count). The molecule has 1 fully saturated rings. The molecule has 9 heteroatoms. The number of carbonyl (C=O) groups is 1. The molecule has 1 unspecified atom stereocenters. The van der Waals surface area contributed by atoms with Crippen LogP contribution < -0.4 is 0 Å². The zero-order chi connectivity index (χ0) is 22.3. The van der Waals surface area contributed by atoms with Crippen LogP contribution in [-0.2, 0) is 16.9 Å². The Balaban J connectivity index is 1.51. The second kappa shape index (κ2) is 8.27. The highest BCUT2D eigenvalue weighted by Gasteiger charge is 2.32.